The van der Waals surface area contributed by atoms with Crippen LogP contribution >= 0.6 is 0 Å². The van der Waals surface area contributed by atoms with Crippen LogP contribution < -0.4 is 0 Å². The van der Waals surface area contributed by atoms with Crippen molar-refractivity contribution in [3.63, 3.8) is 0 Å². The topological polar surface area (TPSA) is 67.9 Å². The molecule has 0 amide bonds. The van der Waals surface area contributed by atoms with Crippen molar-refractivity contribution in [1.82, 2.24) is 25.1 Å². The summed E-state index contributed by atoms with van der Waals surface area (Å²) in [7, 11) is 0. The Labute approximate surface area is 134 Å². The molecule has 1 aliphatic heterocycles. The molecule has 0 saturated carbocycles. The summed E-state index contributed by atoms with van der Waals surface area (Å²) in [5, 5.41) is 8.39. The van der Waals surface area contributed by atoms with Crippen LogP contribution in [0, 0.1) is 0 Å². The molecule has 1 fully saturated rings. The molecule has 1 aliphatic rings. The lowest BCUT2D eigenvalue weighted by Crippen LogP contribution is -2.19. The summed E-state index contributed by atoms with van der Waals surface area (Å²) in [5.74, 6) is 1.56. The number of likely N-dealkylation sites (tertiary alicyclic amines) is 1. The maximum Gasteiger partial charge on any atom is 0.249 e. The summed E-state index contributed by atoms with van der Waals surface area (Å²) in [5.41, 5.74) is 2.09. The second-order valence-corrected chi connectivity index (χ2v) is 5.77. The Bertz CT molecular complexity index is 759. The van der Waals surface area contributed by atoms with Crippen molar-refractivity contribution in [3.05, 3.63) is 60.5 Å². The first kappa shape index (κ1) is 14.0. The zero-order chi connectivity index (χ0) is 15.5. The van der Waals surface area contributed by atoms with E-state index in [2.05, 4.69) is 31.1 Å². The SMILES string of the molecule is c1cncc(CN2CCC(c3nnc(-c4cccnc4)o3)C2)c1. The predicted molar refractivity (Wildman–Crippen MR) is 84.4 cm³/mol. The lowest BCUT2D eigenvalue weighted by Gasteiger charge is -2.14. The van der Waals surface area contributed by atoms with Crippen LogP contribution in [0.1, 0.15) is 23.8 Å². The average molecular weight is 307 g/mol. The molecular weight excluding hydrogens is 290 g/mol. The molecule has 0 aliphatic carbocycles. The van der Waals surface area contributed by atoms with E-state index in [1.54, 1.807) is 18.6 Å². The van der Waals surface area contributed by atoms with E-state index < -0.39 is 0 Å². The summed E-state index contributed by atoms with van der Waals surface area (Å²) in [4.78, 5) is 10.7. The molecule has 1 saturated heterocycles. The molecule has 0 aromatic carbocycles. The molecule has 0 spiro atoms. The van der Waals surface area contributed by atoms with Crippen LogP contribution in [0.3, 0.4) is 0 Å². The van der Waals surface area contributed by atoms with Gasteiger partial charge in [0, 0.05) is 37.9 Å². The molecule has 3 aromatic rings. The van der Waals surface area contributed by atoms with Crippen molar-refractivity contribution < 1.29 is 4.42 Å². The third-order valence-corrected chi connectivity index (χ3v) is 4.10. The number of nitrogens with zero attached hydrogens (tertiary/aromatic N) is 5. The molecule has 4 rings (SSSR count). The first-order valence-corrected chi connectivity index (χ1v) is 7.73. The van der Waals surface area contributed by atoms with E-state index in [-0.39, 0.29) is 0 Å². The van der Waals surface area contributed by atoms with Gasteiger partial charge in [0.2, 0.25) is 11.8 Å². The molecule has 0 N–H and O–H groups in total. The van der Waals surface area contributed by atoms with E-state index in [4.69, 9.17) is 4.42 Å². The highest BCUT2D eigenvalue weighted by Gasteiger charge is 2.28. The third kappa shape index (κ3) is 3.12. The summed E-state index contributed by atoms with van der Waals surface area (Å²) >= 11 is 0. The van der Waals surface area contributed by atoms with Gasteiger partial charge in [-0.1, -0.05) is 6.07 Å². The second kappa shape index (κ2) is 6.26. The van der Waals surface area contributed by atoms with Gasteiger partial charge in [-0.05, 0) is 36.7 Å². The van der Waals surface area contributed by atoms with Crippen molar-refractivity contribution in [2.75, 3.05) is 13.1 Å². The first-order chi connectivity index (χ1) is 11.4. The van der Waals surface area contributed by atoms with Gasteiger partial charge >= 0.3 is 0 Å². The van der Waals surface area contributed by atoms with Crippen LogP contribution in [0.25, 0.3) is 11.5 Å². The Morgan fingerprint density at radius 1 is 1.09 bits per heavy atom. The van der Waals surface area contributed by atoms with Crippen LogP contribution in [0.15, 0.2) is 53.5 Å². The molecule has 1 atom stereocenters. The third-order valence-electron chi connectivity index (χ3n) is 4.10. The van der Waals surface area contributed by atoms with Crippen LogP contribution in [0.2, 0.25) is 0 Å². The predicted octanol–water partition coefficient (Wildman–Crippen LogP) is 2.52. The van der Waals surface area contributed by atoms with Crippen LogP contribution in [0.4, 0.5) is 0 Å². The number of hydrogen-bond acceptors (Lipinski definition) is 6. The highest BCUT2D eigenvalue weighted by molar-refractivity contribution is 5.50. The number of pyridine rings is 2. The van der Waals surface area contributed by atoms with E-state index in [9.17, 15) is 0 Å². The van der Waals surface area contributed by atoms with Gasteiger partial charge in [-0.15, -0.1) is 10.2 Å². The molecule has 23 heavy (non-hydrogen) atoms. The van der Waals surface area contributed by atoms with Crippen molar-refractivity contribution in [3.8, 4) is 11.5 Å². The van der Waals surface area contributed by atoms with Gasteiger partial charge in [0.15, 0.2) is 0 Å². The fourth-order valence-corrected chi connectivity index (χ4v) is 2.93. The molecule has 0 bridgehead atoms. The van der Waals surface area contributed by atoms with E-state index >= 15 is 0 Å². The van der Waals surface area contributed by atoms with Crippen molar-refractivity contribution in [2.24, 2.45) is 0 Å². The van der Waals surface area contributed by atoms with Gasteiger partial charge in [-0.2, -0.15) is 0 Å². The van der Waals surface area contributed by atoms with Gasteiger partial charge in [0.25, 0.3) is 0 Å². The number of aromatic nitrogens is 4. The first-order valence-electron chi connectivity index (χ1n) is 7.73. The minimum Gasteiger partial charge on any atom is -0.420 e. The van der Waals surface area contributed by atoms with E-state index in [1.165, 1.54) is 5.56 Å². The zero-order valence-electron chi connectivity index (χ0n) is 12.7. The summed E-state index contributed by atoms with van der Waals surface area (Å²) in [6.45, 7) is 2.88. The molecule has 4 heterocycles. The largest absolute Gasteiger partial charge is 0.420 e. The van der Waals surface area contributed by atoms with Crippen LogP contribution in [0.5, 0.6) is 0 Å². The highest BCUT2D eigenvalue weighted by Crippen LogP contribution is 2.29. The van der Waals surface area contributed by atoms with Crippen molar-refractivity contribution in [1.29, 1.82) is 0 Å². The fourth-order valence-electron chi connectivity index (χ4n) is 2.93. The number of rotatable bonds is 4. The summed E-state index contributed by atoms with van der Waals surface area (Å²) in [6, 6.07) is 7.87. The molecule has 6 heteroatoms. The Hall–Kier alpha value is -2.60. The average Bonchev–Trinajstić information content (AvgIpc) is 3.26. The monoisotopic (exact) mass is 307 g/mol. The van der Waals surface area contributed by atoms with E-state index in [0.717, 1.165) is 37.5 Å². The Morgan fingerprint density at radius 3 is 2.74 bits per heavy atom. The summed E-state index contributed by atoms with van der Waals surface area (Å²) < 4.78 is 5.85. The lowest BCUT2D eigenvalue weighted by atomic mass is 10.1. The van der Waals surface area contributed by atoms with Gasteiger partial charge in [0.1, 0.15) is 0 Å². The van der Waals surface area contributed by atoms with Crippen molar-refractivity contribution in [2.45, 2.75) is 18.9 Å². The van der Waals surface area contributed by atoms with Gasteiger partial charge in [-0.3, -0.25) is 14.9 Å². The van der Waals surface area contributed by atoms with E-state index in [0.29, 0.717) is 11.8 Å². The Kier molecular flexibility index (Phi) is 3.81. The fraction of sp³-hybridized carbons (Fsp3) is 0.294. The maximum absolute atomic E-state index is 5.85. The van der Waals surface area contributed by atoms with Gasteiger partial charge in [-0.25, -0.2) is 0 Å². The molecule has 0 radical (unpaired) electrons. The molecule has 116 valence electrons. The lowest BCUT2D eigenvalue weighted by molar-refractivity contribution is 0.320. The highest BCUT2D eigenvalue weighted by atomic mass is 16.4. The smallest absolute Gasteiger partial charge is 0.249 e. The quantitative estimate of drug-likeness (QED) is 0.738. The van der Waals surface area contributed by atoms with Crippen molar-refractivity contribution >= 4 is 0 Å². The molecule has 6 nitrogen and oxygen atoms in total. The van der Waals surface area contributed by atoms with E-state index in [1.807, 2.05) is 24.4 Å². The second-order valence-electron chi connectivity index (χ2n) is 5.77. The van der Waals surface area contributed by atoms with Crippen LogP contribution in [-0.2, 0) is 6.54 Å². The maximum atomic E-state index is 5.85. The summed E-state index contributed by atoms with van der Waals surface area (Å²) in [6.07, 6.45) is 8.22. The standard InChI is InChI=1S/C17H17N5O/c1-3-13(9-18-6-1)11-22-8-5-15(12-22)17-21-20-16(23-17)14-4-2-7-19-10-14/h1-4,6-7,9-10,15H,5,8,11-12H2. The normalized spacial score (nSPS) is 18.3. The molecule has 3 aromatic heterocycles. The zero-order valence-corrected chi connectivity index (χ0v) is 12.7. The van der Waals surface area contributed by atoms with Gasteiger partial charge < -0.3 is 4.42 Å². The minimum atomic E-state index is 0.296. The van der Waals surface area contributed by atoms with Gasteiger partial charge in [0.05, 0.1) is 11.5 Å². The Balaban J connectivity index is 1.43. The molecule has 1 unspecified atom stereocenters. The Morgan fingerprint density at radius 2 is 1.96 bits per heavy atom. The molecular formula is C17H17N5O. The minimum absolute atomic E-state index is 0.296. The van der Waals surface area contributed by atoms with Crippen LogP contribution in [-0.4, -0.2) is 38.2 Å². The number of hydrogen-bond donors (Lipinski definition) is 0.